The van der Waals surface area contributed by atoms with Crippen molar-refractivity contribution in [3.63, 3.8) is 0 Å². The average molecular weight is 539 g/mol. The molecule has 0 unspecified atom stereocenters. The molecule has 3 amide bonds. The first-order valence-electron chi connectivity index (χ1n) is 12.2. The van der Waals surface area contributed by atoms with E-state index in [-0.39, 0.29) is 30.7 Å². The lowest BCUT2D eigenvalue weighted by atomic mass is 10.1. The van der Waals surface area contributed by atoms with E-state index in [2.05, 4.69) is 10.9 Å². The molecule has 1 aliphatic heterocycles. The van der Waals surface area contributed by atoms with Crippen LogP contribution in [0.5, 0.6) is 11.5 Å². The predicted octanol–water partition coefficient (Wildman–Crippen LogP) is 5.30. The van der Waals surface area contributed by atoms with Crippen molar-refractivity contribution in [2.75, 3.05) is 42.0 Å². The van der Waals surface area contributed by atoms with Gasteiger partial charge < -0.3 is 14.4 Å². The van der Waals surface area contributed by atoms with Crippen molar-refractivity contribution in [2.24, 2.45) is 0 Å². The van der Waals surface area contributed by atoms with Crippen LogP contribution in [0.2, 0.25) is 0 Å². The first kappa shape index (κ1) is 25.8. The number of thiazole rings is 1. The molecule has 39 heavy (non-hydrogen) atoms. The number of hydrogen-bond donors (Lipinski definition) is 0. The molecule has 9 heteroatoms. The first-order chi connectivity index (χ1) is 19.0. The number of nitrogens with zero attached hydrogens (tertiary/aromatic N) is 4. The molecule has 196 valence electrons. The Balaban J connectivity index is 1.64. The van der Waals surface area contributed by atoms with Gasteiger partial charge in [-0.1, -0.05) is 36.4 Å². The molecular weight excluding hydrogens is 512 g/mol. The highest BCUT2D eigenvalue weighted by Crippen LogP contribution is 2.34. The number of carbonyl (C=O) groups excluding carboxylic acids is 2. The van der Waals surface area contributed by atoms with Gasteiger partial charge in [-0.2, -0.15) is 0 Å². The van der Waals surface area contributed by atoms with E-state index in [1.807, 2.05) is 60.7 Å². The molecular formula is C30H26N4O4S. The van der Waals surface area contributed by atoms with E-state index < -0.39 is 6.04 Å². The molecule has 0 N–H and O–H groups in total. The molecule has 0 saturated carbocycles. The standard InChI is InChI=1S/C30H26N4O4S/c1-4-28-31-27(20-39-28)29(35)34(23-15-25(37-2)17-26(16-23)38-3)24-18-32(21-11-7-5-8-12-21)30(36)33(19-24)22-13-9-6-10-14-22/h1,5-17,20,24H,18-19H2,2-3H3. The lowest BCUT2D eigenvalue weighted by Gasteiger charge is -2.44. The van der Waals surface area contributed by atoms with Crippen LogP contribution in [0.3, 0.4) is 0 Å². The molecule has 4 aromatic rings. The molecule has 0 radical (unpaired) electrons. The number of terminal acetylenes is 1. The molecule has 8 nitrogen and oxygen atoms in total. The Bertz CT molecular complexity index is 1440. The first-order valence-corrected chi connectivity index (χ1v) is 13.1. The van der Waals surface area contributed by atoms with E-state index >= 15 is 0 Å². The summed E-state index contributed by atoms with van der Waals surface area (Å²) in [5, 5.41) is 2.07. The minimum absolute atomic E-state index is 0.178. The number of benzene rings is 3. The number of hydrogen-bond acceptors (Lipinski definition) is 6. The Hall–Kier alpha value is -4.81. The molecule has 0 aliphatic carbocycles. The Labute approximate surface area is 231 Å². The predicted molar refractivity (Wildman–Crippen MR) is 153 cm³/mol. The highest BCUT2D eigenvalue weighted by atomic mass is 32.1. The van der Waals surface area contributed by atoms with Crippen LogP contribution in [0.15, 0.2) is 84.2 Å². The summed E-state index contributed by atoms with van der Waals surface area (Å²) in [4.78, 5) is 37.3. The molecule has 1 fully saturated rings. The number of carbonyl (C=O) groups is 2. The highest BCUT2D eigenvalue weighted by molar-refractivity contribution is 7.10. The molecule has 0 spiro atoms. The third-order valence-corrected chi connectivity index (χ3v) is 7.20. The van der Waals surface area contributed by atoms with Crippen molar-refractivity contribution in [3.8, 4) is 23.8 Å². The van der Waals surface area contributed by atoms with Gasteiger partial charge in [0.15, 0.2) is 5.01 Å². The number of para-hydroxylation sites is 2. The van der Waals surface area contributed by atoms with Crippen molar-refractivity contribution in [1.82, 2.24) is 4.98 Å². The quantitative estimate of drug-likeness (QED) is 0.299. The number of ether oxygens (including phenoxy) is 2. The van der Waals surface area contributed by atoms with Crippen molar-refractivity contribution in [1.29, 1.82) is 0 Å². The van der Waals surface area contributed by atoms with Gasteiger partial charge in [0, 0.05) is 35.0 Å². The number of aromatic nitrogens is 1. The Kier molecular flexibility index (Phi) is 7.48. The van der Waals surface area contributed by atoms with Crippen molar-refractivity contribution in [2.45, 2.75) is 6.04 Å². The summed E-state index contributed by atoms with van der Waals surface area (Å²) < 4.78 is 11.0. The average Bonchev–Trinajstić information content (AvgIpc) is 3.48. The maximum atomic E-state index is 14.1. The SMILES string of the molecule is C#Cc1nc(C(=O)N(c2cc(OC)cc(OC)c2)C2CN(c3ccccc3)C(=O)N(c3ccccc3)C2)cs1. The van der Waals surface area contributed by atoms with Crippen LogP contribution in [0, 0.1) is 12.3 Å². The normalized spacial score (nSPS) is 13.6. The molecule has 1 saturated heterocycles. The van der Waals surface area contributed by atoms with Crippen molar-refractivity contribution in [3.05, 3.63) is 94.9 Å². The second-order valence-corrected chi connectivity index (χ2v) is 9.62. The number of amides is 3. The van der Waals surface area contributed by atoms with Crippen LogP contribution < -0.4 is 24.2 Å². The van der Waals surface area contributed by atoms with Crippen LogP contribution in [-0.2, 0) is 0 Å². The highest BCUT2D eigenvalue weighted by Gasteiger charge is 2.39. The summed E-state index contributed by atoms with van der Waals surface area (Å²) >= 11 is 1.23. The zero-order valence-corrected chi connectivity index (χ0v) is 22.3. The minimum atomic E-state index is -0.469. The molecule has 2 heterocycles. The minimum Gasteiger partial charge on any atom is -0.497 e. The van der Waals surface area contributed by atoms with Gasteiger partial charge in [0.1, 0.15) is 17.2 Å². The molecule has 0 atom stereocenters. The van der Waals surface area contributed by atoms with Crippen molar-refractivity contribution < 1.29 is 19.1 Å². The second-order valence-electron chi connectivity index (χ2n) is 8.76. The fourth-order valence-corrected chi connectivity index (χ4v) is 5.17. The van der Waals surface area contributed by atoms with Crippen LogP contribution in [0.4, 0.5) is 21.9 Å². The van der Waals surface area contributed by atoms with Gasteiger partial charge >= 0.3 is 6.03 Å². The van der Waals surface area contributed by atoms with E-state index in [9.17, 15) is 9.59 Å². The molecule has 3 aromatic carbocycles. The molecule has 1 aromatic heterocycles. The Morgan fingerprint density at radius 1 is 0.949 bits per heavy atom. The topological polar surface area (TPSA) is 75.2 Å². The Morgan fingerprint density at radius 3 is 1.95 bits per heavy atom. The number of methoxy groups -OCH3 is 2. The third kappa shape index (κ3) is 5.28. The Morgan fingerprint density at radius 2 is 1.49 bits per heavy atom. The van der Waals surface area contributed by atoms with E-state index in [4.69, 9.17) is 15.9 Å². The lowest BCUT2D eigenvalue weighted by Crippen LogP contribution is -2.62. The van der Waals surface area contributed by atoms with E-state index in [1.54, 1.807) is 52.5 Å². The lowest BCUT2D eigenvalue weighted by molar-refractivity contribution is 0.0972. The number of rotatable bonds is 7. The zero-order chi connectivity index (χ0) is 27.4. The van der Waals surface area contributed by atoms with Gasteiger partial charge in [0.2, 0.25) is 0 Å². The molecule has 1 aliphatic rings. The zero-order valence-electron chi connectivity index (χ0n) is 21.5. The monoisotopic (exact) mass is 538 g/mol. The third-order valence-electron chi connectivity index (χ3n) is 6.43. The largest absolute Gasteiger partial charge is 0.497 e. The van der Waals surface area contributed by atoms with E-state index in [0.29, 0.717) is 22.2 Å². The summed E-state index contributed by atoms with van der Waals surface area (Å²) in [6.07, 6.45) is 5.54. The fourth-order valence-electron chi connectivity index (χ4n) is 4.58. The molecule has 0 bridgehead atoms. The van der Waals surface area contributed by atoms with E-state index in [1.165, 1.54) is 11.3 Å². The van der Waals surface area contributed by atoms with Gasteiger partial charge in [0.05, 0.1) is 39.0 Å². The molecule has 5 rings (SSSR count). The maximum absolute atomic E-state index is 14.1. The van der Waals surface area contributed by atoms with Gasteiger partial charge in [-0.05, 0) is 30.2 Å². The van der Waals surface area contributed by atoms with Crippen LogP contribution in [0.25, 0.3) is 0 Å². The number of urea groups is 1. The summed E-state index contributed by atoms with van der Waals surface area (Å²) in [7, 11) is 3.11. The second kappa shape index (κ2) is 11.3. The van der Waals surface area contributed by atoms with Gasteiger partial charge in [-0.3, -0.25) is 14.6 Å². The number of anilines is 3. The van der Waals surface area contributed by atoms with Gasteiger partial charge in [-0.15, -0.1) is 17.8 Å². The van der Waals surface area contributed by atoms with Crippen LogP contribution in [0.1, 0.15) is 15.5 Å². The van der Waals surface area contributed by atoms with Crippen LogP contribution in [-0.4, -0.2) is 50.3 Å². The van der Waals surface area contributed by atoms with Crippen molar-refractivity contribution >= 4 is 40.3 Å². The maximum Gasteiger partial charge on any atom is 0.329 e. The smallest absolute Gasteiger partial charge is 0.329 e. The summed E-state index contributed by atoms with van der Waals surface area (Å²) in [5.41, 5.74) is 2.23. The fraction of sp³-hybridized carbons (Fsp3) is 0.167. The summed E-state index contributed by atoms with van der Waals surface area (Å²) in [6, 6.07) is 23.5. The van der Waals surface area contributed by atoms with Crippen LogP contribution >= 0.6 is 11.3 Å². The summed E-state index contributed by atoms with van der Waals surface area (Å²) in [6.45, 7) is 0.507. The summed E-state index contributed by atoms with van der Waals surface area (Å²) in [5.74, 6) is 3.20. The van der Waals surface area contributed by atoms with Gasteiger partial charge in [0.25, 0.3) is 5.91 Å². The van der Waals surface area contributed by atoms with E-state index in [0.717, 1.165) is 11.4 Å². The van der Waals surface area contributed by atoms with Gasteiger partial charge in [-0.25, -0.2) is 9.78 Å².